The molecule has 2 fully saturated rings. The number of urea groups is 1. The van der Waals surface area contributed by atoms with Crippen molar-refractivity contribution < 1.29 is 23.5 Å². The molecule has 2 aliphatic rings. The zero-order valence-electron chi connectivity index (χ0n) is 10.7. The number of carboxylic acid groups (broad SMARTS) is 1. The summed E-state index contributed by atoms with van der Waals surface area (Å²) in [6.07, 6.45) is -0.00897. The molecule has 0 radical (unpaired) electrons. The lowest BCUT2D eigenvalue weighted by molar-refractivity contribution is -0.144. The van der Waals surface area contributed by atoms with Crippen molar-refractivity contribution in [1.82, 2.24) is 10.2 Å². The number of aliphatic carboxylic acids is 1. The van der Waals surface area contributed by atoms with Crippen LogP contribution in [0.25, 0.3) is 0 Å². The smallest absolute Gasteiger partial charge is 0.317 e. The predicted octanol–water partition coefficient (Wildman–Crippen LogP) is 1.39. The molecular formula is C12H18F2N2O3. The van der Waals surface area contributed by atoms with Crippen LogP contribution in [0.4, 0.5) is 13.6 Å². The van der Waals surface area contributed by atoms with Gasteiger partial charge in [0.1, 0.15) is 0 Å². The molecule has 2 rings (SSSR count). The first-order valence-corrected chi connectivity index (χ1v) is 6.42. The van der Waals surface area contributed by atoms with Gasteiger partial charge in [0.2, 0.25) is 0 Å². The molecule has 2 N–H and O–H groups in total. The molecule has 2 amide bonds. The van der Waals surface area contributed by atoms with Crippen molar-refractivity contribution in [2.24, 2.45) is 17.8 Å². The third-order valence-corrected chi connectivity index (χ3v) is 4.25. The lowest BCUT2D eigenvalue weighted by Crippen LogP contribution is -2.51. The van der Waals surface area contributed by atoms with Gasteiger partial charge in [-0.3, -0.25) is 4.79 Å². The molecule has 0 saturated heterocycles. The van der Waals surface area contributed by atoms with E-state index in [0.717, 1.165) is 24.2 Å². The third-order valence-electron chi connectivity index (χ3n) is 4.25. The van der Waals surface area contributed by atoms with Crippen LogP contribution in [-0.4, -0.2) is 48.1 Å². The van der Waals surface area contributed by atoms with Gasteiger partial charge in [-0.15, -0.1) is 0 Å². The summed E-state index contributed by atoms with van der Waals surface area (Å²) in [5.41, 5.74) is 0. The maximum atomic E-state index is 12.2. The minimum Gasteiger partial charge on any atom is -0.481 e. The molecule has 2 bridgehead atoms. The summed E-state index contributed by atoms with van der Waals surface area (Å²) in [4.78, 5) is 23.9. The van der Waals surface area contributed by atoms with Crippen LogP contribution in [0.15, 0.2) is 0 Å². The van der Waals surface area contributed by atoms with Crippen molar-refractivity contribution >= 4 is 12.0 Å². The van der Waals surface area contributed by atoms with Gasteiger partial charge in [-0.05, 0) is 31.1 Å². The Labute approximate surface area is 109 Å². The molecule has 0 heterocycles. The van der Waals surface area contributed by atoms with Gasteiger partial charge in [0.15, 0.2) is 0 Å². The van der Waals surface area contributed by atoms with E-state index in [1.807, 2.05) is 0 Å². The fraction of sp³-hybridized carbons (Fsp3) is 0.833. The zero-order chi connectivity index (χ0) is 14.2. The highest BCUT2D eigenvalue weighted by atomic mass is 19.3. The predicted molar refractivity (Wildman–Crippen MR) is 62.9 cm³/mol. The highest BCUT2D eigenvalue weighted by molar-refractivity contribution is 5.77. The number of rotatable bonds is 4. The average Bonchev–Trinajstić information content (AvgIpc) is 2.87. The topological polar surface area (TPSA) is 69.6 Å². The van der Waals surface area contributed by atoms with E-state index in [1.165, 1.54) is 7.05 Å². The van der Waals surface area contributed by atoms with Gasteiger partial charge in [0.05, 0.1) is 12.5 Å². The second kappa shape index (κ2) is 5.30. The molecule has 0 aliphatic heterocycles. The lowest BCUT2D eigenvalue weighted by Gasteiger charge is -2.30. The van der Waals surface area contributed by atoms with E-state index < -0.39 is 36.9 Å². The second-order valence-electron chi connectivity index (χ2n) is 5.44. The number of carbonyl (C=O) groups is 2. The largest absolute Gasteiger partial charge is 0.481 e. The molecule has 7 heteroatoms. The summed E-state index contributed by atoms with van der Waals surface area (Å²) in [6, 6.07) is -1.05. The van der Waals surface area contributed by atoms with E-state index >= 15 is 0 Å². The Bertz CT molecular complexity index is 378. The number of nitrogens with zero attached hydrogens (tertiary/aromatic N) is 1. The van der Waals surface area contributed by atoms with Crippen molar-refractivity contribution in [3.05, 3.63) is 0 Å². The van der Waals surface area contributed by atoms with Crippen molar-refractivity contribution in [2.45, 2.75) is 31.7 Å². The SMILES string of the molecule is CN(CC(F)F)C(=O)NC1C2CCC(C2)C1C(=O)O. The van der Waals surface area contributed by atoms with Gasteiger partial charge >= 0.3 is 12.0 Å². The highest BCUT2D eigenvalue weighted by Gasteiger charge is 2.51. The van der Waals surface area contributed by atoms with Crippen LogP contribution in [0.3, 0.4) is 0 Å². The molecule has 19 heavy (non-hydrogen) atoms. The van der Waals surface area contributed by atoms with Gasteiger partial charge in [0.25, 0.3) is 6.43 Å². The van der Waals surface area contributed by atoms with Gasteiger partial charge in [-0.1, -0.05) is 0 Å². The Morgan fingerprint density at radius 2 is 2.00 bits per heavy atom. The van der Waals surface area contributed by atoms with Crippen molar-refractivity contribution in [3.8, 4) is 0 Å². The minimum absolute atomic E-state index is 0.105. The number of nitrogens with one attached hydrogen (secondary N) is 1. The Morgan fingerprint density at radius 1 is 1.37 bits per heavy atom. The number of carboxylic acids is 1. The van der Waals surface area contributed by atoms with Gasteiger partial charge < -0.3 is 15.3 Å². The van der Waals surface area contributed by atoms with E-state index in [4.69, 9.17) is 0 Å². The van der Waals surface area contributed by atoms with Gasteiger partial charge in [-0.2, -0.15) is 0 Å². The first kappa shape index (κ1) is 14.0. The van der Waals surface area contributed by atoms with Gasteiger partial charge in [0, 0.05) is 13.1 Å². The summed E-state index contributed by atoms with van der Waals surface area (Å²) < 4.78 is 24.4. The van der Waals surface area contributed by atoms with E-state index in [1.54, 1.807) is 0 Å². The molecule has 0 spiro atoms. The summed E-state index contributed by atoms with van der Waals surface area (Å²) in [5.74, 6) is -1.22. The van der Waals surface area contributed by atoms with Crippen molar-refractivity contribution in [2.75, 3.05) is 13.6 Å². The Hall–Kier alpha value is -1.40. The van der Waals surface area contributed by atoms with Crippen molar-refractivity contribution in [1.29, 1.82) is 0 Å². The standard InChI is InChI=1S/C12H18F2N2O3/c1-16(5-8(13)14)12(19)15-10-7-3-2-6(4-7)9(10)11(17)18/h6-10H,2-5H2,1H3,(H,15,19)(H,17,18). The summed E-state index contributed by atoms with van der Waals surface area (Å²) in [7, 11) is 1.28. The van der Waals surface area contributed by atoms with Gasteiger partial charge in [-0.25, -0.2) is 13.6 Å². The molecule has 108 valence electrons. The Balaban J connectivity index is 1.98. The number of halogens is 2. The van der Waals surface area contributed by atoms with Crippen LogP contribution in [0.1, 0.15) is 19.3 Å². The number of hydrogen-bond donors (Lipinski definition) is 2. The van der Waals surface area contributed by atoms with E-state index in [0.29, 0.717) is 0 Å². The van der Waals surface area contributed by atoms with Crippen LogP contribution in [0, 0.1) is 17.8 Å². The van der Waals surface area contributed by atoms with E-state index in [9.17, 15) is 23.5 Å². The molecule has 4 atom stereocenters. The van der Waals surface area contributed by atoms with E-state index in [2.05, 4.69) is 5.32 Å². The average molecular weight is 276 g/mol. The number of alkyl halides is 2. The lowest BCUT2D eigenvalue weighted by atomic mass is 9.84. The number of amides is 2. The first-order chi connectivity index (χ1) is 8.90. The van der Waals surface area contributed by atoms with Crippen molar-refractivity contribution in [3.63, 3.8) is 0 Å². The van der Waals surface area contributed by atoms with Crippen LogP contribution >= 0.6 is 0 Å². The fourth-order valence-corrected chi connectivity index (χ4v) is 3.40. The Morgan fingerprint density at radius 3 is 2.58 bits per heavy atom. The maximum absolute atomic E-state index is 12.2. The van der Waals surface area contributed by atoms with Crippen LogP contribution in [0.5, 0.6) is 0 Å². The summed E-state index contributed by atoms with van der Waals surface area (Å²) >= 11 is 0. The Kier molecular flexibility index (Phi) is 3.91. The van der Waals surface area contributed by atoms with E-state index in [-0.39, 0.29) is 11.8 Å². The molecular weight excluding hydrogens is 258 g/mol. The normalized spacial score (nSPS) is 32.6. The minimum atomic E-state index is -2.59. The molecule has 2 aliphatic carbocycles. The second-order valence-corrected chi connectivity index (χ2v) is 5.44. The summed E-state index contributed by atoms with van der Waals surface area (Å²) in [6.45, 7) is -0.648. The maximum Gasteiger partial charge on any atom is 0.317 e. The highest BCUT2D eigenvalue weighted by Crippen LogP contribution is 2.48. The zero-order valence-corrected chi connectivity index (χ0v) is 10.7. The van der Waals surface area contributed by atoms with Crippen LogP contribution in [0.2, 0.25) is 0 Å². The number of hydrogen-bond acceptors (Lipinski definition) is 2. The molecule has 0 aromatic heterocycles. The summed E-state index contributed by atoms with van der Waals surface area (Å²) in [5, 5.41) is 11.8. The number of carbonyl (C=O) groups excluding carboxylic acids is 1. The molecule has 5 nitrogen and oxygen atoms in total. The quantitative estimate of drug-likeness (QED) is 0.815. The van der Waals surface area contributed by atoms with Crippen LogP contribution in [-0.2, 0) is 4.79 Å². The molecule has 0 aromatic rings. The molecule has 2 saturated carbocycles. The molecule has 4 unspecified atom stereocenters. The number of fused-ring (bicyclic) bond motifs is 2. The monoisotopic (exact) mass is 276 g/mol. The molecule has 0 aromatic carbocycles. The fourth-order valence-electron chi connectivity index (χ4n) is 3.40. The first-order valence-electron chi connectivity index (χ1n) is 6.42. The van der Waals surface area contributed by atoms with Crippen LogP contribution < -0.4 is 5.32 Å². The third kappa shape index (κ3) is 2.79.